The second-order valence-corrected chi connectivity index (χ2v) is 6.96. The van der Waals surface area contributed by atoms with E-state index in [-0.39, 0.29) is 6.54 Å². The Kier molecular flexibility index (Phi) is 3.96. The van der Waals surface area contributed by atoms with Crippen molar-refractivity contribution in [2.24, 2.45) is 0 Å². The molecule has 0 aliphatic rings. The fourth-order valence-electron chi connectivity index (χ4n) is 1.65. The van der Waals surface area contributed by atoms with Crippen molar-refractivity contribution in [1.29, 1.82) is 0 Å². The third-order valence-corrected chi connectivity index (χ3v) is 4.66. The van der Waals surface area contributed by atoms with Gasteiger partial charge in [-0.05, 0) is 30.7 Å². The van der Waals surface area contributed by atoms with E-state index in [0.29, 0.717) is 11.4 Å². The molecule has 102 valence electrons. The van der Waals surface area contributed by atoms with Crippen LogP contribution in [-0.2, 0) is 16.6 Å². The van der Waals surface area contributed by atoms with E-state index >= 15 is 0 Å². The molecule has 0 atom stereocenters. The maximum Gasteiger partial charge on any atom is 0.232 e. The van der Waals surface area contributed by atoms with Gasteiger partial charge in [0.2, 0.25) is 10.0 Å². The van der Waals surface area contributed by atoms with Gasteiger partial charge in [0.05, 0.1) is 18.5 Å². The lowest BCUT2D eigenvalue weighted by Gasteiger charge is -2.21. The number of hydrogen-bond donors (Lipinski definition) is 0. The largest absolute Gasteiger partial charge is 0.364 e. The Labute approximate surface area is 120 Å². The van der Waals surface area contributed by atoms with Crippen LogP contribution in [0.4, 0.5) is 5.69 Å². The first-order chi connectivity index (χ1) is 8.88. The van der Waals surface area contributed by atoms with E-state index in [1.165, 1.54) is 16.8 Å². The molecule has 7 heteroatoms. The Morgan fingerprint density at radius 1 is 1.37 bits per heavy atom. The van der Waals surface area contributed by atoms with Crippen LogP contribution < -0.4 is 4.31 Å². The molecule has 0 unspecified atom stereocenters. The number of anilines is 1. The average Bonchev–Trinajstić information content (AvgIpc) is 2.81. The standard InChI is InChI=1S/C12H13BrN2O3S/c1-9-7-11(3-4-12(9)13)15(19(2,16)17)8-10-5-6-18-14-10/h3-7H,8H2,1-2H3. The molecule has 5 nitrogen and oxygen atoms in total. The zero-order valence-electron chi connectivity index (χ0n) is 10.5. The van der Waals surface area contributed by atoms with E-state index in [2.05, 4.69) is 21.1 Å². The molecule has 0 saturated heterocycles. The molecule has 0 bridgehead atoms. The summed E-state index contributed by atoms with van der Waals surface area (Å²) in [5.41, 5.74) is 2.13. The molecule has 19 heavy (non-hydrogen) atoms. The number of rotatable bonds is 4. The summed E-state index contributed by atoms with van der Waals surface area (Å²) in [6.45, 7) is 2.06. The maximum atomic E-state index is 11.9. The Balaban J connectivity index is 2.40. The van der Waals surface area contributed by atoms with Gasteiger partial charge in [0.15, 0.2) is 0 Å². The minimum atomic E-state index is -3.39. The number of halogens is 1. The highest BCUT2D eigenvalue weighted by atomic mass is 79.9. The molecule has 1 heterocycles. The van der Waals surface area contributed by atoms with Crippen LogP contribution in [0.5, 0.6) is 0 Å². The van der Waals surface area contributed by atoms with E-state index in [0.717, 1.165) is 10.0 Å². The smallest absolute Gasteiger partial charge is 0.232 e. The topological polar surface area (TPSA) is 63.4 Å². The summed E-state index contributed by atoms with van der Waals surface area (Å²) in [4.78, 5) is 0. The molecule has 2 aromatic rings. The summed E-state index contributed by atoms with van der Waals surface area (Å²) >= 11 is 3.39. The van der Waals surface area contributed by atoms with E-state index < -0.39 is 10.0 Å². The van der Waals surface area contributed by atoms with Crippen LogP contribution >= 0.6 is 15.9 Å². The molecular formula is C12H13BrN2O3S. The fraction of sp³-hybridized carbons (Fsp3) is 0.250. The molecule has 0 spiro atoms. The summed E-state index contributed by atoms with van der Waals surface area (Å²) in [5.74, 6) is 0. The van der Waals surface area contributed by atoms with E-state index in [4.69, 9.17) is 4.52 Å². The zero-order chi connectivity index (χ0) is 14.0. The SMILES string of the molecule is Cc1cc(N(Cc2ccon2)S(C)(=O)=O)ccc1Br. The molecule has 0 N–H and O–H groups in total. The summed E-state index contributed by atoms with van der Waals surface area (Å²) in [7, 11) is -3.39. The number of aryl methyl sites for hydroxylation is 1. The number of aromatic nitrogens is 1. The van der Waals surface area contributed by atoms with Crippen molar-refractivity contribution >= 4 is 31.6 Å². The third kappa shape index (κ3) is 3.36. The molecule has 0 aliphatic carbocycles. The lowest BCUT2D eigenvalue weighted by atomic mass is 10.2. The maximum absolute atomic E-state index is 11.9. The van der Waals surface area contributed by atoms with Crippen LogP contribution in [0.1, 0.15) is 11.3 Å². The Morgan fingerprint density at radius 3 is 2.63 bits per heavy atom. The Hall–Kier alpha value is -1.34. The Morgan fingerprint density at radius 2 is 2.11 bits per heavy atom. The second kappa shape index (κ2) is 5.34. The molecule has 0 fully saturated rings. The van der Waals surface area contributed by atoms with Gasteiger partial charge in [-0.15, -0.1) is 0 Å². The van der Waals surface area contributed by atoms with Crippen molar-refractivity contribution in [3.63, 3.8) is 0 Å². The van der Waals surface area contributed by atoms with Crippen LogP contribution in [0.25, 0.3) is 0 Å². The van der Waals surface area contributed by atoms with Gasteiger partial charge in [0.25, 0.3) is 0 Å². The van der Waals surface area contributed by atoms with Gasteiger partial charge in [-0.1, -0.05) is 21.1 Å². The quantitative estimate of drug-likeness (QED) is 0.855. The summed E-state index contributed by atoms with van der Waals surface area (Å²) in [6, 6.07) is 7.03. The van der Waals surface area contributed by atoms with Crippen LogP contribution in [-0.4, -0.2) is 19.8 Å². The van der Waals surface area contributed by atoms with E-state index in [1.54, 1.807) is 12.1 Å². The monoisotopic (exact) mass is 344 g/mol. The number of benzene rings is 1. The number of hydrogen-bond acceptors (Lipinski definition) is 4. The van der Waals surface area contributed by atoms with Crippen molar-refractivity contribution in [3.05, 3.63) is 46.3 Å². The van der Waals surface area contributed by atoms with E-state index in [9.17, 15) is 8.42 Å². The van der Waals surface area contributed by atoms with Crippen molar-refractivity contribution < 1.29 is 12.9 Å². The van der Waals surface area contributed by atoms with Gasteiger partial charge in [-0.2, -0.15) is 0 Å². The molecular weight excluding hydrogens is 332 g/mol. The highest BCUT2D eigenvalue weighted by molar-refractivity contribution is 9.10. The normalized spacial score (nSPS) is 11.5. The van der Waals surface area contributed by atoms with E-state index in [1.807, 2.05) is 19.1 Å². The first-order valence-electron chi connectivity index (χ1n) is 5.51. The van der Waals surface area contributed by atoms with Crippen molar-refractivity contribution in [1.82, 2.24) is 5.16 Å². The first kappa shape index (κ1) is 14.1. The lowest BCUT2D eigenvalue weighted by molar-refractivity contribution is 0.412. The predicted octanol–water partition coefficient (Wildman–Crippen LogP) is 2.71. The van der Waals surface area contributed by atoms with Gasteiger partial charge in [-0.25, -0.2) is 8.42 Å². The minimum absolute atomic E-state index is 0.149. The first-order valence-corrected chi connectivity index (χ1v) is 8.15. The van der Waals surface area contributed by atoms with Crippen molar-refractivity contribution in [2.45, 2.75) is 13.5 Å². The van der Waals surface area contributed by atoms with Crippen LogP contribution in [0, 0.1) is 6.92 Å². The summed E-state index contributed by atoms with van der Waals surface area (Å²) in [6.07, 6.45) is 2.59. The number of sulfonamides is 1. The van der Waals surface area contributed by atoms with Crippen LogP contribution in [0.2, 0.25) is 0 Å². The van der Waals surface area contributed by atoms with Gasteiger partial charge >= 0.3 is 0 Å². The molecule has 0 saturated carbocycles. The molecule has 2 rings (SSSR count). The Bertz CT molecular complexity index is 668. The third-order valence-electron chi connectivity index (χ3n) is 2.63. The molecule has 0 amide bonds. The van der Waals surface area contributed by atoms with Crippen LogP contribution in [0.15, 0.2) is 39.5 Å². The highest BCUT2D eigenvalue weighted by Crippen LogP contribution is 2.25. The highest BCUT2D eigenvalue weighted by Gasteiger charge is 2.19. The van der Waals surface area contributed by atoms with Crippen molar-refractivity contribution in [3.8, 4) is 0 Å². The van der Waals surface area contributed by atoms with Crippen LogP contribution in [0.3, 0.4) is 0 Å². The second-order valence-electron chi connectivity index (χ2n) is 4.19. The van der Waals surface area contributed by atoms with Crippen molar-refractivity contribution in [2.75, 3.05) is 10.6 Å². The lowest BCUT2D eigenvalue weighted by Crippen LogP contribution is -2.29. The number of nitrogens with zero attached hydrogens (tertiary/aromatic N) is 2. The fourth-order valence-corrected chi connectivity index (χ4v) is 2.76. The predicted molar refractivity (Wildman–Crippen MR) is 76.4 cm³/mol. The molecule has 0 radical (unpaired) electrons. The average molecular weight is 345 g/mol. The molecule has 1 aromatic carbocycles. The van der Waals surface area contributed by atoms with Gasteiger partial charge in [0, 0.05) is 10.5 Å². The van der Waals surface area contributed by atoms with Gasteiger partial charge < -0.3 is 4.52 Å². The summed E-state index contributed by atoms with van der Waals surface area (Å²) < 4.78 is 30.8. The minimum Gasteiger partial charge on any atom is -0.364 e. The van der Waals surface area contributed by atoms with Gasteiger partial charge in [0.1, 0.15) is 12.0 Å². The zero-order valence-corrected chi connectivity index (χ0v) is 12.9. The molecule has 0 aliphatic heterocycles. The van der Waals surface area contributed by atoms with Gasteiger partial charge in [-0.3, -0.25) is 4.31 Å². The molecule has 1 aromatic heterocycles. The summed E-state index contributed by atoms with van der Waals surface area (Å²) in [5, 5.41) is 3.74.